The standard InChI is InChI=1S/C10H14N2/c1-9(11)4-2-5-10-6-3-7-12-8-10/h2-3,5-9H,4,11H2,1H3. The predicted octanol–water partition coefficient (Wildman–Crippen LogP) is 1.83. The molecule has 0 radical (unpaired) electrons. The van der Waals surface area contributed by atoms with Crippen LogP contribution in [-0.2, 0) is 0 Å². The Kier molecular flexibility index (Phi) is 3.48. The number of nitrogens with zero attached hydrogens (tertiary/aromatic N) is 1. The van der Waals surface area contributed by atoms with Gasteiger partial charge in [-0.05, 0) is 25.0 Å². The Morgan fingerprint density at radius 2 is 2.50 bits per heavy atom. The molecule has 0 aliphatic carbocycles. The van der Waals surface area contributed by atoms with Gasteiger partial charge < -0.3 is 5.73 Å². The van der Waals surface area contributed by atoms with E-state index in [1.54, 1.807) is 6.20 Å². The minimum Gasteiger partial charge on any atom is -0.328 e. The van der Waals surface area contributed by atoms with Crippen molar-refractivity contribution in [2.75, 3.05) is 0 Å². The molecule has 0 aliphatic rings. The van der Waals surface area contributed by atoms with Crippen LogP contribution in [-0.4, -0.2) is 11.0 Å². The van der Waals surface area contributed by atoms with Crippen LogP contribution in [0.25, 0.3) is 6.08 Å². The van der Waals surface area contributed by atoms with E-state index in [9.17, 15) is 0 Å². The van der Waals surface area contributed by atoms with Crippen molar-refractivity contribution in [1.82, 2.24) is 4.98 Å². The first-order valence-corrected chi connectivity index (χ1v) is 4.11. The molecule has 2 nitrogen and oxygen atoms in total. The third-order valence-electron chi connectivity index (χ3n) is 1.50. The van der Waals surface area contributed by atoms with E-state index < -0.39 is 0 Å². The van der Waals surface area contributed by atoms with Crippen molar-refractivity contribution in [2.45, 2.75) is 19.4 Å². The van der Waals surface area contributed by atoms with Gasteiger partial charge in [0.25, 0.3) is 0 Å². The van der Waals surface area contributed by atoms with Crippen molar-refractivity contribution in [2.24, 2.45) is 5.73 Å². The molecular formula is C10H14N2. The van der Waals surface area contributed by atoms with Crippen LogP contribution in [0.4, 0.5) is 0 Å². The van der Waals surface area contributed by atoms with Crippen LogP contribution in [0, 0.1) is 0 Å². The number of hydrogen-bond donors (Lipinski definition) is 1. The summed E-state index contributed by atoms with van der Waals surface area (Å²) in [7, 11) is 0. The molecule has 1 aromatic heterocycles. The largest absolute Gasteiger partial charge is 0.328 e. The summed E-state index contributed by atoms with van der Waals surface area (Å²) in [6, 6.07) is 4.17. The molecule has 1 atom stereocenters. The third-order valence-corrected chi connectivity index (χ3v) is 1.50. The number of hydrogen-bond acceptors (Lipinski definition) is 2. The summed E-state index contributed by atoms with van der Waals surface area (Å²) in [5, 5.41) is 0. The molecule has 0 saturated carbocycles. The SMILES string of the molecule is CC(N)CC=Cc1cccnc1. The highest BCUT2D eigenvalue weighted by atomic mass is 14.6. The second-order valence-electron chi connectivity index (χ2n) is 2.90. The molecule has 1 unspecified atom stereocenters. The molecule has 2 N–H and O–H groups in total. The zero-order valence-corrected chi connectivity index (χ0v) is 7.27. The van der Waals surface area contributed by atoms with Gasteiger partial charge in [0, 0.05) is 18.4 Å². The number of nitrogens with two attached hydrogens (primary N) is 1. The van der Waals surface area contributed by atoms with E-state index in [1.165, 1.54) is 0 Å². The molecule has 0 saturated heterocycles. The van der Waals surface area contributed by atoms with Crippen molar-refractivity contribution >= 4 is 6.08 Å². The van der Waals surface area contributed by atoms with Crippen LogP contribution in [0.3, 0.4) is 0 Å². The highest BCUT2D eigenvalue weighted by Gasteiger charge is 1.87. The summed E-state index contributed by atoms with van der Waals surface area (Å²) in [6.45, 7) is 1.99. The van der Waals surface area contributed by atoms with Crippen molar-refractivity contribution in [3.8, 4) is 0 Å². The molecule has 0 fully saturated rings. The molecule has 0 aliphatic heterocycles. The highest BCUT2D eigenvalue weighted by molar-refractivity contribution is 5.47. The minimum absolute atomic E-state index is 0.234. The number of aromatic nitrogens is 1. The Morgan fingerprint density at radius 1 is 1.67 bits per heavy atom. The molecule has 1 rings (SSSR count). The van der Waals surface area contributed by atoms with Gasteiger partial charge in [-0.3, -0.25) is 4.98 Å². The predicted molar refractivity (Wildman–Crippen MR) is 51.5 cm³/mol. The van der Waals surface area contributed by atoms with E-state index in [2.05, 4.69) is 11.1 Å². The van der Waals surface area contributed by atoms with E-state index in [1.807, 2.05) is 31.3 Å². The highest BCUT2D eigenvalue weighted by Crippen LogP contribution is 2.00. The van der Waals surface area contributed by atoms with Crippen molar-refractivity contribution < 1.29 is 0 Å². The van der Waals surface area contributed by atoms with Gasteiger partial charge in [-0.15, -0.1) is 0 Å². The maximum absolute atomic E-state index is 5.59. The fourth-order valence-electron chi connectivity index (χ4n) is 0.893. The quantitative estimate of drug-likeness (QED) is 0.736. The molecule has 0 aromatic carbocycles. The summed E-state index contributed by atoms with van der Waals surface area (Å²) in [5.74, 6) is 0. The van der Waals surface area contributed by atoms with Gasteiger partial charge in [0.2, 0.25) is 0 Å². The summed E-state index contributed by atoms with van der Waals surface area (Å²) in [5.41, 5.74) is 6.71. The van der Waals surface area contributed by atoms with Gasteiger partial charge in [0.15, 0.2) is 0 Å². The van der Waals surface area contributed by atoms with Crippen molar-refractivity contribution in [1.29, 1.82) is 0 Å². The summed E-state index contributed by atoms with van der Waals surface area (Å²) < 4.78 is 0. The van der Waals surface area contributed by atoms with E-state index in [0.717, 1.165) is 12.0 Å². The van der Waals surface area contributed by atoms with Gasteiger partial charge in [0.05, 0.1) is 0 Å². The van der Waals surface area contributed by atoms with Crippen LogP contribution in [0.1, 0.15) is 18.9 Å². The first kappa shape index (κ1) is 8.94. The Morgan fingerprint density at radius 3 is 3.08 bits per heavy atom. The molecular weight excluding hydrogens is 148 g/mol. The van der Waals surface area contributed by atoms with Gasteiger partial charge in [-0.1, -0.05) is 18.2 Å². The fraction of sp³-hybridized carbons (Fsp3) is 0.300. The van der Waals surface area contributed by atoms with E-state index >= 15 is 0 Å². The normalized spacial score (nSPS) is 13.5. The molecule has 12 heavy (non-hydrogen) atoms. The van der Waals surface area contributed by atoms with Gasteiger partial charge in [-0.2, -0.15) is 0 Å². The summed E-state index contributed by atoms with van der Waals surface area (Å²) in [6.07, 6.45) is 8.62. The minimum atomic E-state index is 0.234. The second-order valence-corrected chi connectivity index (χ2v) is 2.90. The fourth-order valence-corrected chi connectivity index (χ4v) is 0.893. The average Bonchev–Trinajstić information content (AvgIpc) is 2.05. The lowest BCUT2D eigenvalue weighted by molar-refractivity contribution is 0.759. The molecule has 2 heteroatoms. The topological polar surface area (TPSA) is 38.9 Å². The average molecular weight is 162 g/mol. The lowest BCUT2D eigenvalue weighted by Crippen LogP contribution is -2.12. The van der Waals surface area contributed by atoms with Crippen LogP contribution in [0.15, 0.2) is 30.6 Å². The zero-order chi connectivity index (χ0) is 8.81. The van der Waals surface area contributed by atoms with Crippen LogP contribution in [0.2, 0.25) is 0 Å². The van der Waals surface area contributed by atoms with Crippen LogP contribution < -0.4 is 5.73 Å². The van der Waals surface area contributed by atoms with Crippen LogP contribution in [0.5, 0.6) is 0 Å². The van der Waals surface area contributed by atoms with Crippen molar-refractivity contribution in [3.05, 3.63) is 36.2 Å². The lowest BCUT2D eigenvalue weighted by atomic mass is 10.2. The monoisotopic (exact) mass is 162 g/mol. The Labute approximate surface area is 73.1 Å². The molecule has 0 amide bonds. The molecule has 64 valence electrons. The first-order valence-electron chi connectivity index (χ1n) is 4.11. The van der Waals surface area contributed by atoms with Crippen LogP contribution >= 0.6 is 0 Å². The maximum atomic E-state index is 5.59. The molecule has 1 heterocycles. The molecule has 0 spiro atoms. The summed E-state index contributed by atoms with van der Waals surface area (Å²) in [4.78, 5) is 4.00. The lowest BCUT2D eigenvalue weighted by Gasteiger charge is -1.97. The Balaban J connectivity index is 2.47. The maximum Gasteiger partial charge on any atom is 0.0340 e. The Bertz CT molecular complexity index is 239. The van der Waals surface area contributed by atoms with Gasteiger partial charge in [0.1, 0.15) is 0 Å². The first-order chi connectivity index (χ1) is 5.79. The molecule has 0 bridgehead atoms. The summed E-state index contributed by atoms with van der Waals surface area (Å²) >= 11 is 0. The number of rotatable bonds is 3. The van der Waals surface area contributed by atoms with Gasteiger partial charge in [-0.25, -0.2) is 0 Å². The zero-order valence-electron chi connectivity index (χ0n) is 7.27. The van der Waals surface area contributed by atoms with Crippen molar-refractivity contribution in [3.63, 3.8) is 0 Å². The smallest absolute Gasteiger partial charge is 0.0340 e. The third kappa shape index (κ3) is 3.30. The van der Waals surface area contributed by atoms with E-state index in [-0.39, 0.29) is 6.04 Å². The number of pyridine rings is 1. The second kappa shape index (κ2) is 4.67. The van der Waals surface area contributed by atoms with Gasteiger partial charge >= 0.3 is 0 Å². The van der Waals surface area contributed by atoms with E-state index in [4.69, 9.17) is 5.73 Å². The Hall–Kier alpha value is -1.15. The van der Waals surface area contributed by atoms with E-state index in [0.29, 0.717) is 0 Å². The molecule has 1 aromatic rings.